The number of nitrogens with zero attached hydrogens (tertiary/aromatic N) is 2. The van der Waals surface area contributed by atoms with Gasteiger partial charge in [0.05, 0.1) is 10.9 Å². The lowest BCUT2D eigenvalue weighted by atomic mass is 10.1. The van der Waals surface area contributed by atoms with Crippen molar-refractivity contribution < 1.29 is 9.59 Å². The number of aryl methyl sites for hydroxylation is 1. The van der Waals surface area contributed by atoms with Gasteiger partial charge in [0.1, 0.15) is 0 Å². The van der Waals surface area contributed by atoms with Crippen molar-refractivity contribution >= 4 is 56.8 Å². The molecule has 0 spiro atoms. The van der Waals surface area contributed by atoms with E-state index in [2.05, 4.69) is 16.0 Å². The summed E-state index contributed by atoms with van der Waals surface area (Å²) < 4.78 is 1.77. The van der Waals surface area contributed by atoms with E-state index in [-0.39, 0.29) is 11.3 Å². The van der Waals surface area contributed by atoms with Crippen LogP contribution in [0, 0.1) is 3.57 Å². The SMILES string of the molecule is Cn1nc(C(=O)NNC(=O)c2cc(Cl)ccc2I)c2ccccc2c1=O. The van der Waals surface area contributed by atoms with Gasteiger partial charge in [-0.25, -0.2) is 4.68 Å². The molecule has 7 nitrogen and oxygen atoms in total. The molecule has 1 aromatic heterocycles. The van der Waals surface area contributed by atoms with Gasteiger partial charge in [-0.1, -0.05) is 29.8 Å². The quantitative estimate of drug-likeness (QED) is 0.433. The lowest BCUT2D eigenvalue weighted by molar-refractivity contribution is 0.0843. The van der Waals surface area contributed by atoms with E-state index >= 15 is 0 Å². The molecule has 2 N–H and O–H groups in total. The highest BCUT2D eigenvalue weighted by Crippen LogP contribution is 2.17. The van der Waals surface area contributed by atoms with Crippen LogP contribution in [0.2, 0.25) is 5.02 Å². The van der Waals surface area contributed by atoms with Crippen LogP contribution < -0.4 is 16.4 Å². The Labute approximate surface area is 166 Å². The standard InChI is InChI=1S/C17H12ClIN4O3/c1-23-17(26)11-5-3-2-4-10(11)14(22-23)16(25)21-20-15(24)12-8-9(18)6-7-13(12)19/h2-8H,1H3,(H,20,24)(H,21,25). The normalized spacial score (nSPS) is 10.6. The number of fused-ring (bicyclic) bond motifs is 1. The summed E-state index contributed by atoms with van der Waals surface area (Å²) in [6.07, 6.45) is 0. The highest BCUT2D eigenvalue weighted by atomic mass is 127. The van der Waals surface area contributed by atoms with Crippen LogP contribution in [0.1, 0.15) is 20.8 Å². The van der Waals surface area contributed by atoms with E-state index in [1.165, 1.54) is 13.1 Å². The fourth-order valence-corrected chi connectivity index (χ4v) is 3.13. The first kappa shape index (κ1) is 18.3. The molecule has 0 aliphatic rings. The van der Waals surface area contributed by atoms with Crippen molar-refractivity contribution in [3.63, 3.8) is 0 Å². The molecule has 0 saturated heterocycles. The Morgan fingerprint density at radius 1 is 1.08 bits per heavy atom. The summed E-state index contributed by atoms with van der Waals surface area (Å²) in [4.78, 5) is 36.9. The monoisotopic (exact) mass is 482 g/mol. The number of hydrogen-bond acceptors (Lipinski definition) is 4. The van der Waals surface area contributed by atoms with E-state index in [9.17, 15) is 14.4 Å². The van der Waals surface area contributed by atoms with Gasteiger partial charge in [0, 0.05) is 21.0 Å². The topological polar surface area (TPSA) is 93.1 Å². The first-order chi connectivity index (χ1) is 12.4. The second-order valence-corrected chi connectivity index (χ2v) is 6.95. The van der Waals surface area contributed by atoms with Gasteiger partial charge in [0.25, 0.3) is 17.4 Å². The Balaban J connectivity index is 1.86. The highest BCUT2D eigenvalue weighted by Gasteiger charge is 2.17. The number of benzene rings is 2. The van der Waals surface area contributed by atoms with Crippen molar-refractivity contribution in [1.29, 1.82) is 0 Å². The fourth-order valence-electron chi connectivity index (χ4n) is 2.38. The average Bonchev–Trinajstić information content (AvgIpc) is 2.64. The molecule has 0 atom stereocenters. The summed E-state index contributed by atoms with van der Waals surface area (Å²) in [7, 11) is 1.46. The number of nitrogens with one attached hydrogen (secondary N) is 2. The van der Waals surface area contributed by atoms with Crippen molar-refractivity contribution in [3.05, 3.63) is 72.7 Å². The first-order valence-corrected chi connectivity index (χ1v) is 8.86. The molecule has 1 heterocycles. The molecule has 3 aromatic rings. The van der Waals surface area contributed by atoms with Gasteiger partial charge in [0.2, 0.25) is 0 Å². The van der Waals surface area contributed by atoms with Crippen LogP contribution in [0.25, 0.3) is 10.8 Å². The largest absolute Gasteiger partial charge is 0.290 e. The van der Waals surface area contributed by atoms with Crippen LogP contribution in [-0.2, 0) is 7.05 Å². The summed E-state index contributed by atoms with van der Waals surface area (Å²) in [5.74, 6) is -1.15. The van der Waals surface area contributed by atoms with Crippen LogP contribution in [0.4, 0.5) is 0 Å². The van der Waals surface area contributed by atoms with Gasteiger partial charge >= 0.3 is 0 Å². The predicted octanol–water partition coefficient (Wildman–Crippen LogP) is 2.27. The lowest BCUT2D eigenvalue weighted by Crippen LogP contribution is -2.43. The second kappa shape index (κ2) is 7.42. The third-order valence-electron chi connectivity index (χ3n) is 3.63. The molecule has 0 radical (unpaired) electrons. The molecule has 132 valence electrons. The van der Waals surface area contributed by atoms with Crippen LogP contribution in [0.15, 0.2) is 47.3 Å². The molecule has 0 bridgehead atoms. The van der Waals surface area contributed by atoms with Gasteiger partial charge in [0.15, 0.2) is 5.69 Å². The van der Waals surface area contributed by atoms with E-state index in [0.29, 0.717) is 24.9 Å². The summed E-state index contributed by atoms with van der Waals surface area (Å²) in [5.41, 5.74) is 4.71. The molecule has 0 saturated carbocycles. The molecule has 2 amide bonds. The van der Waals surface area contributed by atoms with Crippen molar-refractivity contribution in [2.45, 2.75) is 0 Å². The number of aromatic nitrogens is 2. The summed E-state index contributed by atoms with van der Waals surface area (Å²) in [6, 6.07) is 11.5. The maximum Gasteiger partial charge on any atom is 0.290 e. The highest BCUT2D eigenvalue weighted by molar-refractivity contribution is 14.1. The minimum absolute atomic E-state index is 0.0313. The molecule has 0 fully saturated rings. The summed E-state index contributed by atoms with van der Waals surface area (Å²) in [5, 5.41) is 5.18. The van der Waals surface area contributed by atoms with Gasteiger partial charge in [-0.05, 0) is 46.9 Å². The Hall–Kier alpha value is -2.46. The second-order valence-electron chi connectivity index (χ2n) is 5.36. The number of halogens is 2. The predicted molar refractivity (Wildman–Crippen MR) is 106 cm³/mol. The molecule has 0 unspecified atom stereocenters. The van der Waals surface area contributed by atoms with Gasteiger partial charge in [-0.3, -0.25) is 25.2 Å². The van der Waals surface area contributed by atoms with Crippen molar-refractivity contribution in [3.8, 4) is 0 Å². The van der Waals surface area contributed by atoms with Crippen molar-refractivity contribution in [2.24, 2.45) is 7.05 Å². The number of hydrazine groups is 1. The van der Waals surface area contributed by atoms with Crippen LogP contribution >= 0.6 is 34.2 Å². The van der Waals surface area contributed by atoms with Gasteiger partial charge < -0.3 is 0 Å². The Kier molecular flexibility index (Phi) is 5.23. The number of carbonyl (C=O) groups excluding carboxylic acids is 2. The number of amides is 2. The van der Waals surface area contributed by atoms with E-state index in [4.69, 9.17) is 11.6 Å². The van der Waals surface area contributed by atoms with Crippen LogP contribution in [0.5, 0.6) is 0 Å². The fraction of sp³-hybridized carbons (Fsp3) is 0.0588. The Morgan fingerprint density at radius 3 is 2.46 bits per heavy atom. The zero-order chi connectivity index (χ0) is 18.8. The van der Waals surface area contributed by atoms with Crippen LogP contribution in [0.3, 0.4) is 0 Å². The zero-order valence-electron chi connectivity index (χ0n) is 13.4. The Morgan fingerprint density at radius 2 is 1.73 bits per heavy atom. The molecule has 0 aliphatic carbocycles. The van der Waals surface area contributed by atoms with Crippen LogP contribution in [-0.4, -0.2) is 21.6 Å². The summed E-state index contributed by atoms with van der Waals surface area (Å²) >= 11 is 7.90. The van der Waals surface area contributed by atoms with Gasteiger partial charge in [-0.2, -0.15) is 5.10 Å². The molecular formula is C17H12ClIN4O3. The summed E-state index contributed by atoms with van der Waals surface area (Å²) in [6.45, 7) is 0. The third-order valence-corrected chi connectivity index (χ3v) is 4.81. The smallest absolute Gasteiger partial charge is 0.267 e. The third kappa shape index (κ3) is 3.56. The maximum absolute atomic E-state index is 12.5. The molecule has 0 aliphatic heterocycles. The lowest BCUT2D eigenvalue weighted by Gasteiger charge is -2.10. The number of rotatable bonds is 2. The molecular weight excluding hydrogens is 471 g/mol. The molecule has 2 aromatic carbocycles. The minimum Gasteiger partial charge on any atom is -0.267 e. The number of hydrogen-bond donors (Lipinski definition) is 2. The van der Waals surface area contributed by atoms with E-state index in [1.807, 2.05) is 22.6 Å². The average molecular weight is 483 g/mol. The van der Waals surface area contributed by atoms with E-state index < -0.39 is 11.8 Å². The molecule has 3 rings (SSSR count). The van der Waals surface area contributed by atoms with Crippen molar-refractivity contribution in [2.75, 3.05) is 0 Å². The first-order valence-electron chi connectivity index (χ1n) is 7.40. The van der Waals surface area contributed by atoms with E-state index in [1.54, 1.807) is 36.4 Å². The molecule has 26 heavy (non-hydrogen) atoms. The van der Waals surface area contributed by atoms with Crippen molar-refractivity contribution in [1.82, 2.24) is 20.6 Å². The molecule has 9 heteroatoms. The zero-order valence-corrected chi connectivity index (χ0v) is 16.3. The van der Waals surface area contributed by atoms with E-state index in [0.717, 1.165) is 4.68 Å². The minimum atomic E-state index is -0.637. The maximum atomic E-state index is 12.5. The van der Waals surface area contributed by atoms with Gasteiger partial charge in [-0.15, -0.1) is 0 Å². The Bertz CT molecular complexity index is 1100. The number of carbonyl (C=O) groups is 2.